The SMILES string of the molecule is CC1=CC2(CCC(C)=C1)C1=C(c3ccc(F)cc32)c2ccc3ccccc3c2C=CCC1. The first-order chi connectivity index (χ1) is 15.6. The topological polar surface area (TPSA) is 0 Å². The van der Waals surface area contributed by atoms with Gasteiger partial charge in [-0.25, -0.2) is 4.39 Å². The van der Waals surface area contributed by atoms with Gasteiger partial charge in [-0.15, -0.1) is 0 Å². The van der Waals surface area contributed by atoms with E-state index in [9.17, 15) is 4.39 Å². The van der Waals surface area contributed by atoms with Gasteiger partial charge in [0.05, 0.1) is 0 Å². The molecule has 3 aromatic rings. The fraction of sp³-hybridized carbons (Fsp3) is 0.226. The Morgan fingerprint density at radius 1 is 0.906 bits per heavy atom. The summed E-state index contributed by atoms with van der Waals surface area (Å²) in [6, 6.07) is 18.6. The first-order valence-electron chi connectivity index (χ1n) is 11.7. The Kier molecular flexibility index (Phi) is 4.37. The number of allylic oxidation sites excluding steroid dienone is 6. The van der Waals surface area contributed by atoms with Crippen LogP contribution in [0.4, 0.5) is 4.39 Å². The lowest BCUT2D eigenvalue weighted by atomic mass is 9.71. The summed E-state index contributed by atoms with van der Waals surface area (Å²) in [5, 5.41) is 2.54. The fourth-order valence-electron chi connectivity index (χ4n) is 6.24. The molecular formula is C31H27F. The van der Waals surface area contributed by atoms with Gasteiger partial charge in [-0.3, -0.25) is 0 Å². The van der Waals surface area contributed by atoms with Crippen molar-refractivity contribution in [3.05, 3.63) is 118 Å². The van der Waals surface area contributed by atoms with Crippen LogP contribution >= 0.6 is 0 Å². The van der Waals surface area contributed by atoms with Crippen LogP contribution in [-0.4, -0.2) is 0 Å². The van der Waals surface area contributed by atoms with Crippen molar-refractivity contribution >= 4 is 22.4 Å². The van der Waals surface area contributed by atoms with E-state index in [1.165, 1.54) is 49.8 Å². The number of hydrogen-bond donors (Lipinski definition) is 0. The Labute approximate surface area is 189 Å². The second-order valence-corrected chi connectivity index (χ2v) is 9.58. The van der Waals surface area contributed by atoms with Crippen LogP contribution in [0.1, 0.15) is 61.8 Å². The molecule has 0 amide bonds. The summed E-state index contributed by atoms with van der Waals surface area (Å²) in [6.07, 6.45) is 13.4. The third-order valence-electron chi connectivity index (χ3n) is 7.52. The van der Waals surface area contributed by atoms with Gasteiger partial charge < -0.3 is 0 Å². The lowest BCUT2D eigenvalue weighted by molar-refractivity contribution is 0.551. The summed E-state index contributed by atoms with van der Waals surface area (Å²) < 4.78 is 14.7. The van der Waals surface area contributed by atoms with Gasteiger partial charge in [0.2, 0.25) is 0 Å². The lowest BCUT2D eigenvalue weighted by Crippen LogP contribution is -2.24. The molecular weight excluding hydrogens is 391 g/mol. The second-order valence-electron chi connectivity index (χ2n) is 9.58. The molecule has 0 heterocycles. The molecule has 158 valence electrons. The summed E-state index contributed by atoms with van der Waals surface area (Å²) in [5.74, 6) is -0.143. The quantitative estimate of drug-likeness (QED) is 0.343. The van der Waals surface area contributed by atoms with Crippen LogP contribution in [0.3, 0.4) is 0 Å². The molecule has 6 rings (SSSR count). The summed E-state index contributed by atoms with van der Waals surface area (Å²) in [7, 11) is 0. The molecule has 3 aliphatic carbocycles. The predicted octanol–water partition coefficient (Wildman–Crippen LogP) is 8.53. The average Bonchev–Trinajstić information content (AvgIpc) is 2.89. The third-order valence-corrected chi connectivity index (χ3v) is 7.52. The minimum Gasteiger partial charge on any atom is -0.207 e. The Hall–Kier alpha value is -3.19. The summed E-state index contributed by atoms with van der Waals surface area (Å²) in [4.78, 5) is 0. The van der Waals surface area contributed by atoms with Crippen molar-refractivity contribution in [3.8, 4) is 0 Å². The zero-order valence-corrected chi connectivity index (χ0v) is 18.7. The highest BCUT2D eigenvalue weighted by atomic mass is 19.1. The van der Waals surface area contributed by atoms with Crippen molar-refractivity contribution < 1.29 is 4.39 Å². The molecule has 0 fully saturated rings. The molecule has 1 spiro atoms. The van der Waals surface area contributed by atoms with Gasteiger partial charge >= 0.3 is 0 Å². The van der Waals surface area contributed by atoms with Crippen molar-refractivity contribution in [3.63, 3.8) is 0 Å². The molecule has 1 atom stereocenters. The van der Waals surface area contributed by atoms with Crippen LogP contribution in [0.2, 0.25) is 0 Å². The molecule has 0 N–H and O–H groups in total. The van der Waals surface area contributed by atoms with Gasteiger partial charge in [-0.1, -0.05) is 77.9 Å². The maximum Gasteiger partial charge on any atom is 0.123 e. The zero-order valence-electron chi connectivity index (χ0n) is 18.7. The summed E-state index contributed by atoms with van der Waals surface area (Å²) in [5.41, 5.74) is 10.1. The Morgan fingerprint density at radius 3 is 2.66 bits per heavy atom. The van der Waals surface area contributed by atoms with E-state index in [4.69, 9.17) is 0 Å². The molecule has 0 saturated heterocycles. The van der Waals surface area contributed by atoms with Gasteiger partial charge in [0.15, 0.2) is 0 Å². The highest BCUT2D eigenvalue weighted by Gasteiger charge is 2.44. The highest BCUT2D eigenvalue weighted by Crippen LogP contribution is 2.56. The largest absolute Gasteiger partial charge is 0.207 e. The molecule has 0 aromatic heterocycles. The maximum atomic E-state index is 14.7. The Morgan fingerprint density at radius 2 is 1.75 bits per heavy atom. The number of halogens is 1. The van der Waals surface area contributed by atoms with Gasteiger partial charge in [-0.2, -0.15) is 0 Å². The van der Waals surface area contributed by atoms with Gasteiger partial charge in [-0.05, 0) is 95.8 Å². The van der Waals surface area contributed by atoms with Crippen LogP contribution in [0.15, 0.2) is 89.5 Å². The van der Waals surface area contributed by atoms with E-state index in [-0.39, 0.29) is 11.2 Å². The molecule has 0 radical (unpaired) electrons. The van der Waals surface area contributed by atoms with Gasteiger partial charge in [0, 0.05) is 5.41 Å². The summed E-state index contributed by atoms with van der Waals surface area (Å²) in [6.45, 7) is 4.41. The molecule has 0 aliphatic heterocycles. The van der Waals surface area contributed by atoms with Crippen LogP contribution in [-0.2, 0) is 5.41 Å². The van der Waals surface area contributed by atoms with E-state index < -0.39 is 0 Å². The molecule has 3 aromatic carbocycles. The predicted molar refractivity (Wildman–Crippen MR) is 133 cm³/mol. The van der Waals surface area contributed by atoms with E-state index in [1.54, 1.807) is 12.1 Å². The minimum absolute atomic E-state index is 0.143. The van der Waals surface area contributed by atoms with E-state index in [2.05, 4.69) is 74.5 Å². The third kappa shape index (κ3) is 2.80. The maximum absolute atomic E-state index is 14.7. The van der Waals surface area contributed by atoms with E-state index in [0.717, 1.165) is 31.2 Å². The minimum atomic E-state index is -0.237. The molecule has 1 unspecified atom stereocenters. The van der Waals surface area contributed by atoms with Crippen molar-refractivity contribution in [2.24, 2.45) is 0 Å². The first-order valence-corrected chi connectivity index (χ1v) is 11.7. The van der Waals surface area contributed by atoms with Crippen LogP contribution < -0.4 is 0 Å². The summed E-state index contributed by atoms with van der Waals surface area (Å²) >= 11 is 0. The van der Waals surface area contributed by atoms with Crippen molar-refractivity contribution in [2.75, 3.05) is 0 Å². The van der Waals surface area contributed by atoms with Crippen molar-refractivity contribution in [1.29, 1.82) is 0 Å². The standard InChI is InChI=1S/C31H27F/c1-20-15-16-31(19-21(2)17-20)28-10-6-5-9-25-24-8-4-3-7-22(24)11-13-26(25)30(28)27-14-12-23(32)18-29(27)31/h3-5,7-9,11-14,17-19H,6,10,15-16H2,1-2H3. The van der Waals surface area contributed by atoms with E-state index in [1.807, 2.05) is 6.07 Å². The normalized spacial score (nSPS) is 22.0. The molecule has 0 saturated carbocycles. The molecule has 32 heavy (non-hydrogen) atoms. The van der Waals surface area contributed by atoms with Crippen molar-refractivity contribution in [2.45, 2.75) is 44.9 Å². The average molecular weight is 419 g/mol. The molecule has 0 bridgehead atoms. The van der Waals surface area contributed by atoms with E-state index >= 15 is 0 Å². The number of hydrogen-bond acceptors (Lipinski definition) is 0. The van der Waals surface area contributed by atoms with Gasteiger partial charge in [0.1, 0.15) is 5.82 Å². The van der Waals surface area contributed by atoms with E-state index in [0.29, 0.717) is 0 Å². The highest BCUT2D eigenvalue weighted by molar-refractivity contribution is 6.01. The molecule has 1 heteroatoms. The second kappa shape index (κ2) is 7.17. The number of benzene rings is 3. The lowest BCUT2D eigenvalue weighted by Gasteiger charge is -2.32. The van der Waals surface area contributed by atoms with Gasteiger partial charge in [0.25, 0.3) is 0 Å². The van der Waals surface area contributed by atoms with Crippen LogP contribution in [0, 0.1) is 5.82 Å². The van der Waals surface area contributed by atoms with Crippen molar-refractivity contribution in [1.82, 2.24) is 0 Å². The molecule has 3 aliphatic rings. The zero-order chi connectivity index (χ0) is 21.9. The number of rotatable bonds is 0. The molecule has 0 nitrogen and oxygen atoms in total. The first kappa shape index (κ1) is 19.5. The van der Waals surface area contributed by atoms with Crippen LogP contribution in [0.5, 0.6) is 0 Å². The monoisotopic (exact) mass is 418 g/mol. The fourth-order valence-corrected chi connectivity index (χ4v) is 6.24. The Balaban J connectivity index is 1.71. The number of fused-ring (bicyclic) bond motifs is 8. The van der Waals surface area contributed by atoms with Crippen LogP contribution in [0.25, 0.3) is 22.4 Å². The Bertz CT molecular complexity index is 1400. The smallest absolute Gasteiger partial charge is 0.123 e.